The zero-order valence-electron chi connectivity index (χ0n) is 18.5. The van der Waals surface area contributed by atoms with Gasteiger partial charge in [-0.15, -0.1) is 21.5 Å². The summed E-state index contributed by atoms with van der Waals surface area (Å²) >= 11 is 7.15. The molecular formula is C21H22ClF3N6O2S. The van der Waals surface area contributed by atoms with Crippen LogP contribution in [0.5, 0.6) is 0 Å². The summed E-state index contributed by atoms with van der Waals surface area (Å²) in [4.78, 5) is 29.0. The molecule has 0 saturated carbocycles. The van der Waals surface area contributed by atoms with E-state index in [4.69, 9.17) is 11.6 Å². The van der Waals surface area contributed by atoms with Crippen LogP contribution in [0.3, 0.4) is 0 Å². The maximum absolute atomic E-state index is 13.5. The summed E-state index contributed by atoms with van der Waals surface area (Å²) in [7, 11) is 0. The van der Waals surface area contributed by atoms with E-state index in [0.29, 0.717) is 5.82 Å². The van der Waals surface area contributed by atoms with Gasteiger partial charge in [0, 0.05) is 11.7 Å². The van der Waals surface area contributed by atoms with Gasteiger partial charge < -0.3 is 5.32 Å². The fourth-order valence-corrected chi connectivity index (χ4v) is 4.13. The van der Waals surface area contributed by atoms with E-state index in [0.717, 1.165) is 26.7 Å². The predicted molar refractivity (Wildman–Crippen MR) is 122 cm³/mol. The molecule has 0 bridgehead atoms. The number of amides is 2. The number of thiophene rings is 1. The average Bonchev–Trinajstić information content (AvgIpc) is 3.43. The maximum atomic E-state index is 13.5. The molecule has 0 aliphatic heterocycles. The Hall–Kier alpha value is -2.99. The highest BCUT2D eigenvalue weighted by Gasteiger charge is 2.36. The molecule has 0 fully saturated rings. The van der Waals surface area contributed by atoms with Crippen molar-refractivity contribution in [2.75, 3.05) is 4.90 Å². The molecule has 1 unspecified atom stereocenters. The Bertz CT molecular complexity index is 1150. The topological polar surface area (TPSA) is 93.0 Å². The van der Waals surface area contributed by atoms with Gasteiger partial charge in [0.05, 0.1) is 15.5 Å². The molecule has 2 heterocycles. The van der Waals surface area contributed by atoms with Gasteiger partial charge in [-0.05, 0) is 55.1 Å². The van der Waals surface area contributed by atoms with Crippen LogP contribution in [0, 0.1) is 0 Å². The van der Waals surface area contributed by atoms with Crippen molar-refractivity contribution in [2.24, 2.45) is 0 Å². The first kappa shape index (κ1) is 25.6. The second-order valence-electron chi connectivity index (χ2n) is 7.63. The summed E-state index contributed by atoms with van der Waals surface area (Å²) in [6.07, 6.45) is -4.59. The monoisotopic (exact) mass is 514 g/mol. The highest BCUT2D eigenvalue weighted by molar-refractivity contribution is 7.13. The number of hydrogen-bond donors (Lipinski definition) is 1. The van der Waals surface area contributed by atoms with E-state index in [9.17, 15) is 22.8 Å². The third kappa shape index (κ3) is 5.92. The minimum Gasteiger partial charge on any atom is -0.352 e. The number of tetrazole rings is 1. The molecule has 0 radical (unpaired) electrons. The summed E-state index contributed by atoms with van der Waals surface area (Å²) in [6, 6.07) is 5.37. The molecule has 13 heteroatoms. The fraction of sp³-hybridized carbons (Fsp3) is 0.381. The SMILES string of the molecule is CCC(C(=O)NC(C)C)N(C(=O)Cn1nnc(-c2cccs2)n1)c1ccc(Cl)c(C(F)(F)F)c1. The number of benzene rings is 1. The molecule has 0 saturated heterocycles. The Balaban J connectivity index is 1.99. The van der Waals surface area contributed by atoms with Crippen molar-refractivity contribution < 1.29 is 22.8 Å². The molecule has 34 heavy (non-hydrogen) atoms. The zero-order valence-corrected chi connectivity index (χ0v) is 20.1. The lowest BCUT2D eigenvalue weighted by atomic mass is 10.1. The maximum Gasteiger partial charge on any atom is 0.417 e. The number of rotatable bonds is 8. The largest absolute Gasteiger partial charge is 0.417 e. The zero-order chi connectivity index (χ0) is 25.0. The van der Waals surface area contributed by atoms with Gasteiger partial charge in [0.15, 0.2) is 0 Å². The van der Waals surface area contributed by atoms with Gasteiger partial charge in [0.1, 0.15) is 12.6 Å². The van der Waals surface area contributed by atoms with Gasteiger partial charge in [-0.1, -0.05) is 24.6 Å². The Morgan fingerprint density at radius 3 is 2.59 bits per heavy atom. The molecule has 1 atom stereocenters. The van der Waals surface area contributed by atoms with Crippen LogP contribution in [0.2, 0.25) is 5.02 Å². The molecule has 8 nitrogen and oxygen atoms in total. The molecule has 2 amide bonds. The first-order valence-corrected chi connectivity index (χ1v) is 11.6. The van der Waals surface area contributed by atoms with Crippen molar-refractivity contribution in [1.29, 1.82) is 0 Å². The van der Waals surface area contributed by atoms with E-state index in [-0.39, 0.29) is 18.2 Å². The average molecular weight is 515 g/mol. The fourth-order valence-electron chi connectivity index (χ4n) is 3.26. The molecule has 1 aromatic carbocycles. The van der Waals surface area contributed by atoms with Crippen molar-refractivity contribution in [1.82, 2.24) is 25.5 Å². The number of halogens is 4. The predicted octanol–water partition coefficient (Wildman–Crippen LogP) is 4.41. The number of carbonyl (C=O) groups excluding carboxylic acids is 2. The van der Waals surface area contributed by atoms with Gasteiger partial charge in [0.25, 0.3) is 5.91 Å². The Morgan fingerprint density at radius 1 is 1.26 bits per heavy atom. The molecule has 0 spiro atoms. The summed E-state index contributed by atoms with van der Waals surface area (Å²) in [5.41, 5.74) is -1.23. The number of alkyl halides is 3. The second kappa shape index (κ2) is 10.5. The van der Waals surface area contributed by atoms with Crippen LogP contribution >= 0.6 is 22.9 Å². The lowest BCUT2D eigenvalue weighted by molar-refractivity contribution is -0.137. The molecule has 3 rings (SSSR count). The van der Waals surface area contributed by atoms with Crippen molar-refractivity contribution in [3.05, 3.63) is 46.3 Å². The molecule has 182 valence electrons. The molecule has 1 N–H and O–H groups in total. The van der Waals surface area contributed by atoms with E-state index in [2.05, 4.69) is 20.7 Å². The van der Waals surface area contributed by atoms with Crippen LogP contribution in [0.25, 0.3) is 10.7 Å². The number of anilines is 1. The van der Waals surface area contributed by atoms with Crippen LogP contribution in [0.15, 0.2) is 35.7 Å². The number of nitrogens with zero attached hydrogens (tertiary/aromatic N) is 5. The summed E-state index contributed by atoms with van der Waals surface area (Å²) < 4.78 is 40.5. The first-order valence-electron chi connectivity index (χ1n) is 10.3. The number of nitrogens with one attached hydrogen (secondary N) is 1. The normalized spacial score (nSPS) is 12.6. The third-order valence-electron chi connectivity index (χ3n) is 4.71. The Morgan fingerprint density at radius 2 is 2.00 bits per heavy atom. The smallest absolute Gasteiger partial charge is 0.352 e. The van der Waals surface area contributed by atoms with Crippen LogP contribution < -0.4 is 10.2 Å². The first-order chi connectivity index (χ1) is 16.0. The van der Waals surface area contributed by atoms with Crippen LogP contribution in [0.4, 0.5) is 18.9 Å². The van der Waals surface area contributed by atoms with Crippen molar-refractivity contribution in [3.63, 3.8) is 0 Å². The van der Waals surface area contributed by atoms with Gasteiger partial charge in [-0.25, -0.2) is 0 Å². The van der Waals surface area contributed by atoms with Gasteiger partial charge >= 0.3 is 6.18 Å². The van der Waals surface area contributed by atoms with E-state index < -0.39 is 41.2 Å². The Kier molecular flexibility index (Phi) is 7.93. The van der Waals surface area contributed by atoms with E-state index >= 15 is 0 Å². The van der Waals surface area contributed by atoms with Crippen LogP contribution in [-0.2, 0) is 22.3 Å². The second-order valence-corrected chi connectivity index (χ2v) is 8.99. The van der Waals surface area contributed by atoms with Gasteiger partial charge in [-0.2, -0.15) is 18.0 Å². The lowest BCUT2D eigenvalue weighted by Gasteiger charge is -2.31. The number of carbonyl (C=O) groups is 2. The molecule has 0 aliphatic rings. The molecule has 2 aromatic heterocycles. The minimum absolute atomic E-state index is 0.119. The van der Waals surface area contributed by atoms with Gasteiger partial charge in [0.2, 0.25) is 11.7 Å². The van der Waals surface area contributed by atoms with Gasteiger partial charge in [-0.3, -0.25) is 14.5 Å². The molecule has 3 aromatic rings. The van der Waals surface area contributed by atoms with Crippen LogP contribution in [-0.4, -0.2) is 44.1 Å². The quantitative estimate of drug-likeness (QED) is 0.480. The van der Waals surface area contributed by atoms with E-state index in [1.54, 1.807) is 26.8 Å². The third-order valence-corrected chi connectivity index (χ3v) is 5.90. The molecule has 0 aliphatic carbocycles. The van der Waals surface area contributed by atoms with Crippen molar-refractivity contribution in [3.8, 4) is 10.7 Å². The summed E-state index contributed by atoms with van der Waals surface area (Å²) in [5.74, 6) is -0.874. The van der Waals surface area contributed by atoms with E-state index in [1.165, 1.54) is 17.4 Å². The van der Waals surface area contributed by atoms with E-state index in [1.807, 2.05) is 11.4 Å². The minimum atomic E-state index is -4.74. The number of hydrogen-bond acceptors (Lipinski definition) is 6. The highest BCUT2D eigenvalue weighted by atomic mass is 35.5. The Labute approximate surface area is 202 Å². The summed E-state index contributed by atoms with van der Waals surface area (Å²) in [5, 5.41) is 16.0. The molecular weight excluding hydrogens is 493 g/mol. The van der Waals surface area contributed by atoms with Crippen molar-refractivity contribution in [2.45, 2.75) is 52.0 Å². The van der Waals surface area contributed by atoms with Crippen LogP contribution in [0.1, 0.15) is 32.8 Å². The van der Waals surface area contributed by atoms with Crippen molar-refractivity contribution >= 4 is 40.4 Å². The lowest BCUT2D eigenvalue weighted by Crippen LogP contribution is -2.52. The standard InChI is InChI=1S/C21H22ClF3N6O2S/c1-4-16(20(33)26-12(2)3)31(13-7-8-15(22)14(10-13)21(23,24)25)18(32)11-30-28-19(27-29-30)17-6-5-9-34-17/h5-10,12,16H,4,11H2,1-3H3,(H,26,33). The number of aromatic nitrogens is 4. The highest BCUT2D eigenvalue weighted by Crippen LogP contribution is 2.37. The summed E-state index contributed by atoms with van der Waals surface area (Å²) in [6.45, 7) is 4.71.